The van der Waals surface area contributed by atoms with E-state index in [4.69, 9.17) is 20.8 Å². The number of thiophene rings is 1. The van der Waals surface area contributed by atoms with Crippen molar-refractivity contribution in [2.75, 3.05) is 0 Å². The maximum Gasteiger partial charge on any atom is 0.264 e. The number of hydrogen-bond donors (Lipinski definition) is 0. The third kappa shape index (κ3) is 4.68. The molecule has 0 fully saturated rings. The third-order valence-electron chi connectivity index (χ3n) is 3.96. The molecule has 3 rings (SSSR count). The average molecular weight is 390 g/mol. The first-order valence-electron chi connectivity index (χ1n) is 8.29. The quantitative estimate of drug-likeness (QED) is 0.550. The van der Waals surface area contributed by atoms with E-state index in [1.165, 1.54) is 0 Å². The van der Waals surface area contributed by atoms with Gasteiger partial charge >= 0.3 is 0 Å². The van der Waals surface area contributed by atoms with Gasteiger partial charge in [-0.15, -0.1) is 11.3 Å². The number of rotatable bonds is 7. The van der Waals surface area contributed by atoms with Gasteiger partial charge in [0.2, 0.25) is 0 Å². The molecule has 0 radical (unpaired) electrons. The van der Waals surface area contributed by atoms with E-state index in [-0.39, 0.29) is 5.91 Å². The molecule has 0 saturated carbocycles. The average Bonchev–Trinajstić information content (AvgIpc) is 3.31. The molecule has 0 spiro atoms. The molecule has 2 heterocycles. The van der Waals surface area contributed by atoms with Gasteiger partial charge < -0.3 is 14.1 Å². The fourth-order valence-corrected chi connectivity index (χ4v) is 3.43. The number of ether oxygens (including phenoxy) is 1. The minimum Gasteiger partial charge on any atom is -0.481 e. The second kappa shape index (κ2) is 8.43. The van der Waals surface area contributed by atoms with E-state index < -0.39 is 6.10 Å². The van der Waals surface area contributed by atoms with Crippen molar-refractivity contribution >= 4 is 28.8 Å². The lowest BCUT2D eigenvalue weighted by molar-refractivity contribution is -0.139. The summed E-state index contributed by atoms with van der Waals surface area (Å²) >= 11 is 7.67. The molecule has 136 valence electrons. The first-order chi connectivity index (χ1) is 12.5. The molecule has 0 unspecified atom stereocenters. The van der Waals surface area contributed by atoms with Crippen molar-refractivity contribution in [1.82, 2.24) is 4.90 Å². The lowest BCUT2D eigenvalue weighted by atomic mass is 10.2. The Kier molecular flexibility index (Phi) is 6.01. The molecule has 0 bridgehead atoms. The Bertz CT molecular complexity index is 810. The molecule has 0 aliphatic rings. The zero-order valence-corrected chi connectivity index (χ0v) is 16.2. The van der Waals surface area contributed by atoms with Crippen molar-refractivity contribution in [1.29, 1.82) is 0 Å². The Morgan fingerprint density at radius 3 is 2.77 bits per heavy atom. The minimum absolute atomic E-state index is 0.0950. The van der Waals surface area contributed by atoms with Gasteiger partial charge in [0.05, 0.1) is 19.4 Å². The van der Waals surface area contributed by atoms with Crippen molar-refractivity contribution < 1.29 is 13.9 Å². The van der Waals surface area contributed by atoms with E-state index in [1.807, 2.05) is 42.6 Å². The summed E-state index contributed by atoms with van der Waals surface area (Å²) in [5.74, 6) is 1.27. The number of hydrogen-bond acceptors (Lipinski definition) is 4. The maximum atomic E-state index is 13.0. The van der Waals surface area contributed by atoms with Crippen LogP contribution in [0.5, 0.6) is 5.75 Å². The summed E-state index contributed by atoms with van der Waals surface area (Å²) in [5, 5.41) is 2.68. The van der Waals surface area contributed by atoms with E-state index in [0.717, 1.165) is 16.2 Å². The summed E-state index contributed by atoms with van der Waals surface area (Å²) in [6, 6.07) is 13.1. The van der Waals surface area contributed by atoms with Gasteiger partial charge in [-0.1, -0.05) is 17.7 Å². The Balaban J connectivity index is 1.73. The third-order valence-corrected chi connectivity index (χ3v) is 5.24. The zero-order chi connectivity index (χ0) is 18.5. The monoisotopic (exact) mass is 389 g/mol. The fraction of sp³-hybridized carbons (Fsp3) is 0.250. The smallest absolute Gasteiger partial charge is 0.264 e. The van der Waals surface area contributed by atoms with Crippen LogP contribution in [-0.4, -0.2) is 16.9 Å². The van der Waals surface area contributed by atoms with Gasteiger partial charge in [-0.25, -0.2) is 0 Å². The molecule has 2 aromatic heterocycles. The number of carbonyl (C=O) groups is 1. The highest BCUT2D eigenvalue weighted by atomic mass is 35.5. The van der Waals surface area contributed by atoms with Gasteiger partial charge in [-0.3, -0.25) is 4.79 Å². The number of nitrogens with zero attached hydrogens (tertiary/aromatic N) is 1. The normalized spacial score (nSPS) is 12.0. The lowest BCUT2D eigenvalue weighted by Gasteiger charge is -2.25. The number of carbonyl (C=O) groups excluding carboxylic acids is 1. The Morgan fingerprint density at radius 1 is 1.27 bits per heavy atom. The highest BCUT2D eigenvalue weighted by Gasteiger charge is 2.24. The number of halogens is 1. The van der Waals surface area contributed by atoms with Crippen LogP contribution in [0.4, 0.5) is 0 Å². The summed E-state index contributed by atoms with van der Waals surface area (Å²) in [5.41, 5.74) is 0.912. The van der Waals surface area contributed by atoms with Gasteiger partial charge in [-0.05, 0) is 61.2 Å². The van der Waals surface area contributed by atoms with Crippen molar-refractivity contribution in [2.45, 2.75) is 33.0 Å². The van der Waals surface area contributed by atoms with Crippen LogP contribution in [0.2, 0.25) is 5.02 Å². The highest BCUT2D eigenvalue weighted by Crippen LogP contribution is 2.23. The number of aryl methyl sites for hydroxylation is 1. The van der Waals surface area contributed by atoms with E-state index in [0.29, 0.717) is 23.9 Å². The summed E-state index contributed by atoms with van der Waals surface area (Å²) in [4.78, 5) is 15.8. The second-order valence-electron chi connectivity index (χ2n) is 6.02. The highest BCUT2D eigenvalue weighted by molar-refractivity contribution is 7.09. The van der Waals surface area contributed by atoms with Crippen LogP contribution < -0.4 is 4.74 Å². The van der Waals surface area contributed by atoms with Crippen molar-refractivity contribution in [3.05, 3.63) is 75.3 Å². The number of amides is 1. The van der Waals surface area contributed by atoms with E-state index in [2.05, 4.69) is 0 Å². The van der Waals surface area contributed by atoms with Crippen LogP contribution in [0.25, 0.3) is 0 Å². The van der Waals surface area contributed by atoms with E-state index >= 15 is 0 Å². The maximum absolute atomic E-state index is 13.0. The fourth-order valence-electron chi connectivity index (χ4n) is 2.60. The van der Waals surface area contributed by atoms with Gasteiger partial charge in [0.25, 0.3) is 5.91 Å². The lowest BCUT2D eigenvalue weighted by Crippen LogP contribution is -2.39. The van der Waals surface area contributed by atoms with E-state index in [1.54, 1.807) is 41.6 Å². The first-order valence-corrected chi connectivity index (χ1v) is 9.55. The van der Waals surface area contributed by atoms with Gasteiger partial charge in [0.15, 0.2) is 6.10 Å². The largest absolute Gasteiger partial charge is 0.481 e. The number of benzene rings is 1. The minimum atomic E-state index is -0.620. The Labute approximate surface area is 162 Å². The van der Waals surface area contributed by atoms with Gasteiger partial charge in [0.1, 0.15) is 11.5 Å². The molecule has 0 saturated heterocycles. The van der Waals surface area contributed by atoms with Gasteiger partial charge in [0, 0.05) is 9.90 Å². The van der Waals surface area contributed by atoms with Crippen molar-refractivity contribution in [3.8, 4) is 5.75 Å². The zero-order valence-electron chi connectivity index (χ0n) is 14.6. The summed E-state index contributed by atoms with van der Waals surface area (Å²) in [6.45, 7) is 4.58. The molecule has 0 aliphatic heterocycles. The number of furan rings is 1. The predicted octanol–water partition coefficient (Wildman–Crippen LogP) is 5.30. The molecule has 3 aromatic rings. The molecule has 1 atom stereocenters. The molecule has 0 N–H and O–H groups in total. The molecule has 4 nitrogen and oxygen atoms in total. The SMILES string of the molecule is Cc1cc(O[C@H](C)C(=O)N(Cc2ccco2)Cc2cccs2)ccc1Cl. The first kappa shape index (κ1) is 18.5. The van der Waals surface area contributed by atoms with Crippen LogP contribution in [0, 0.1) is 6.92 Å². The second-order valence-corrected chi connectivity index (χ2v) is 7.46. The summed E-state index contributed by atoms with van der Waals surface area (Å²) in [7, 11) is 0. The van der Waals surface area contributed by atoms with Crippen LogP contribution >= 0.6 is 22.9 Å². The van der Waals surface area contributed by atoms with Crippen LogP contribution in [0.3, 0.4) is 0 Å². The van der Waals surface area contributed by atoms with Gasteiger partial charge in [-0.2, -0.15) is 0 Å². The summed E-state index contributed by atoms with van der Waals surface area (Å²) < 4.78 is 11.3. The summed E-state index contributed by atoms with van der Waals surface area (Å²) in [6.07, 6.45) is 0.991. The Hall–Kier alpha value is -2.24. The van der Waals surface area contributed by atoms with Crippen LogP contribution in [0.1, 0.15) is 23.1 Å². The molecule has 1 amide bonds. The van der Waals surface area contributed by atoms with Crippen molar-refractivity contribution in [2.24, 2.45) is 0 Å². The molecule has 6 heteroatoms. The Morgan fingerprint density at radius 2 is 2.12 bits per heavy atom. The van der Waals surface area contributed by atoms with E-state index in [9.17, 15) is 4.79 Å². The predicted molar refractivity (Wildman–Crippen MR) is 104 cm³/mol. The molecular formula is C20H20ClNO3S. The molecule has 0 aliphatic carbocycles. The van der Waals surface area contributed by atoms with Crippen molar-refractivity contribution in [3.63, 3.8) is 0 Å². The molecule has 26 heavy (non-hydrogen) atoms. The molecular weight excluding hydrogens is 370 g/mol. The molecule has 1 aromatic carbocycles. The topological polar surface area (TPSA) is 42.7 Å². The standard InChI is InChI=1S/C20H20ClNO3S/c1-14-11-16(7-8-19(14)21)25-15(2)20(23)22(12-17-5-3-9-24-17)13-18-6-4-10-26-18/h3-11,15H,12-13H2,1-2H3/t15-/m1/s1. The van der Waals surface area contributed by atoms with Crippen LogP contribution in [0.15, 0.2) is 58.5 Å². The van der Waals surface area contributed by atoms with Crippen LogP contribution in [-0.2, 0) is 17.9 Å².